The number of aromatic nitrogens is 1. The van der Waals surface area contributed by atoms with Crippen LogP contribution >= 0.6 is 0 Å². The molecule has 0 aliphatic heterocycles. The zero-order valence-corrected chi connectivity index (χ0v) is 19.7. The molecule has 182 valence electrons. The van der Waals surface area contributed by atoms with E-state index >= 15 is 0 Å². The number of Topliss-reactive ketones (excluding diaryl/α,β-unsaturated/α-hetero) is 1. The van der Waals surface area contributed by atoms with Crippen LogP contribution in [-0.2, 0) is 22.4 Å². The van der Waals surface area contributed by atoms with Crippen molar-refractivity contribution in [1.82, 2.24) is 4.98 Å². The lowest BCUT2D eigenvalue weighted by atomic mass is 10.1. The summed E-state index contributed by atoms with van der Waals surface area (Å²) >= 11 is 0. The van der Waals surface area contributed by atoms with Gasteiger partial charge in [-0.25, -0.2) is 4.39 Å². The lowest BCUT2D eigenvalue weighted by Gasteiger charge is -2.14. The summed E-state index contributed by atoms with van der Waals surface area (Å²) in [7, 11) is 0. The normalized spacial score (nSPS) is 10.6. The number of pyridine rings is 1. The number of aryl methyl sites for hydroxylation is 2. The number of benzene rings is 2. The maximum absolute atomic E-state index is 13.7. The number of carboxylic acid groups (broad SMARTS) is 1. The number of carboxylic acids is 1. The third-order valence-electron chi connectivity index (χ3n) is 5.39. The number of ketones is 1. The Morgan fingerprint density at radius 3 is 2.37 bits per heavy atom. The van der Waals surface area contributed by atoms with Gasteiger partial charge < -0.3 is 15.7 Å². The van der Waals surface area contributed by atoms with Crippen LogP contribution in [0.1, 0.15) is 53.4 Å². The number of aliphatic carboxylic acids is 1. The number of nitrogens with one attached hydrogen (secondary N) is 2. The van der Waals surface area contributed by atoms with E-state index < -0.39 is 11.9 Å². The van der Waals surface area contributed by atoms with E-state index in [1.807, 2.05) is 6.92 Å². The van der Waals surface area contributed by atoms with Crippen LogP contribution in [0.4, 0.5) is 21.5 Å². The molecule has 3 rings (SSSR count). The lowest BCUT2D eigenvalue weighted by Crippen LogP contribution is -2.15. The smallest absolute Gasteiger partial charge is 0.303 e. The van der Waals surface area contributed by atoms with Crippen molar-refractivity contribution in [2.45, 2.75) is 46.0 Å². The lowest BCUT2D eigenvalue weighted by molar-refractivity contribution is -0.137. The number of hydrogen-bond acceptors (Lipinski definition) is 5. The van der Waals surface area contributed by atoms with Gasteiger partial charge in [-0.05, 0) is 67.3 Å². The molecule has 35 heavy (non-hydrogen) atoms. The number of rotatable bonds is 11. The van der Waals surface area contributed by atoms with E-state index in [0.29, 0.717) is 41.2 Å². The highest BCUT2D eigenvalue weighted by Gasteiger charge is 2.16. The second kappa shape index (κ2) is 11.9. The molecule has 0 spiro atoms. The Morgan fingerprint density at radius 1 is 1.00 bits per heavy atom. The first-order valence-electron chi connectivity index (χ1n) is 11.4. The summed E-state index contributed by atoms with van der Waals surface area (Å²) in [4.78, 5) is 40.3. The molecule has 0 atom stereocenters. The minimum atomic E-state index is -0.869. The Kier molecular flexibility index (Phi) is 8.67. The van der Waals surface area contributed by atoms with Gasteiger partial charge in [-0.15, -0.1) is 0 Å². The van der Waals surface area contributed by atoms with Crippen molar-refractivity contribution >= 4 is 34.7 Å². The molecule has 0 radical (unpaired) electrons. The summed E-state index contributed by atoms with van der Waals surface area (Å²) < 4.78 is 13.7. The summed E-state index contributed by atoms with van der Waals surface area (Å²) in [5.41, 5.74) is 3.68. The molecule has 0 unspecified atom stereocenters. The van der Waals surface area contributed by atoms with Crippen LogP contribution in [0, 0.1) is 12.7 Å². The Bertz CT molecular complexity index is 1230. The van der Waals surface area contributed by atoms with Crippen molar-refractivity contribution in [3.8, 4) is 0 Å². The number of carbonyl (C=O) groups excluding carboxylic acids is 2. The molecule has 0 saturated heterocycles. The van der Waals surface area contributed by atoms with E-state index in [2.05, 4.69) is 15.6 Å². The summed E-state index contributed by atoms with van der Waals surface area (Å²) in [5, 5.41) is 14.8. The Labute approximate surface area is 203 Å². The average molecular weight is 478 g/mol. The van der Waals surface area contributed by atoms with Crippen LogP contribution in [0.5, 0.6) is 0 Å². The quantitative estimate of drug-likeness (QED) is 0.339. The van der Waals surface area contributed by atoms with Gasteiger partial charge in [-0.1, -0.05) is 19.1 Å². The van der Waals surface area contributed by atoms with Gasteiger partial charge in [0.25, 0.3) is 5.91 Å². The minimum Gasteiger partial charge on any atom is -0.481 e. The first-order chi connectivity index (χ1) is 16.7. The van der Waals surface area contributed by atoms with Gasteiger partial charge in [-0.3, -0.25) is 19.4 Å². The topological polar surface area (TPSA) is 108 Å². The van der Waals surface area contributed by atoms with E-state index in [0.717, 1.165) is 12.0 Å². The highest BCUT2D eigenvalue weighted by Crippen LogP contribution is 2.25. The number of halogens is 1. The third-order valence-corrected chi connectivity index (χ3v) is 5.39. The van der Waals surface area contributed by atoms with Crippen LogP contribution in [0.3, 0.4) is 0 Å². The average Bonchev–Trinajstić information content (AvgIpc) is 2.81. The Balaban J connectivity index is 1.84. The molecule has 3 N–H and O–H groups in total. The fourth-order valence-corrected chi connectivity index (χ4v) is 3.53. The maximum Gasteiger partial charge on any atom is 0.303 e. The van der Waals surface area contributed by atoms with E-state index in [9.17, 15) is 18.8 Å². The predicted molar refractivity (Wildman–Crippen MR) is 133 cm³/mol. The van der Waals surface area contributed by atoms with Crippen LogP contribution in [0.2, 0.25) is 0 Å². The van der Waals surface area contributed by atoms with Crippen LogP contribution in [-0.4, -0.2) is 27.8 Å². The first-order valence-corrected chi connectivity index (χ1v) is 11.4. The zero-order valence-electron chi connectivity index (χ0n) is 19.7. The molecule has 0 bridgehead atoms. The maximum atomic E-state index is 13.7. The van der Waals surface area contributed by atoms with E-state index in [4.69, 9.17) is 5.11 Å². The van der Waals surface area contributed by atoms with Crippen molar-refractivity contribution in [2.75, 3.05) is 10.6 Å². The van der Waals surface area contributed by atoms with Crippen LogP contribution in [0.15, 0.2) is 54.7 Å². The largest absolute Gasteiger partial charge is 0.481 e. The van der Waals surface area contributed by atoms with Gasteiger partial charge in [0.1, 0.15) is 11.6 Å². The van der Waals surface area contributed by atoms with E-state index in [1.54, 1.807) is 49.4 Å². The SMILES string of the molecule is CCCC(=O)Cc1cc(Nc2ccc(F)c(C)c2)c(C(=O)Nc2ccc(CCC(=O)O)cc2)cn1. The van der Waals surface area contributed by atoms with Gasteiger partial charge >= 0.3 is 5.97 Å². The molecule has 1 aromatic heterocycles. The van der Waals surface area contributed by atoms with Crippen molar-refractivity contribution in [3.63, 3.8) is 0 Å². The fourth-order valence-electron chi connectivity index (χ4n) is 3.53. The summed E-state index contributed by atoms with van der Waals surface area (Å²) in [6.07, 6.45) is 3.20. The second-order valence-electron chi connectivity index (χ2n) is 8.32. The molecule has 8 heteroatoms. The van der Waals surface area contributed by atoms with Crippen molar-refractivity contribution in [2.24, 2.45) is 0 Å². The predicted octanol–water partition coefficient (Wildman–Crippen LogP) is 5.45. The number of amides is 1. The number of hydrogen-bond donors (Lipinski definition) is 3. The second-order valence-corrected chi connectivity index (χ2v) is 8.32. The van der Waals surface area contributed by atoms with Gasteiger partial charge in [0.15, 0.2) is 0 Å². The van der Waals surface area contributed by atoms with Gasteiger partial charge in [0.05, 0.1) is 11.3 Å². The highest BCUT2D eigenvalue weighted by atomic mass is 19.1. The fraction of sp³-hybridized carbons (Fsp3) is 0.259. The molecule has 1 heterocycles. The third kappa shape index (κ3) is 7.46. The molecular formula is C27H28FN3O4. The molecule has 0 fully saturated rings. The van der Waals surface area contributed by atoms with E-state index in [1.165, 1.54) is 12.3 Å². The highest BCUT2D eigenvalue weighted by molar-refractivity contribution is 6.08. The van der Waals surface area contributed by atoms with E-state index in [-0.39, 0.29) is 30.0 Å². The Hall–Kier alpha value is -4.07. The van der Waals surface area contributed by atoms with Crippen LogP contribution in [0.25, 0.3) is 0 Å². The summed E-state index contributed by atoms with van der Waals surface area (Å²) in [6, 6.07) is 13.1. The summed E-state index contributed by atoms with van der Waals surface area (Å²) in [5.74, 6) is -1.56. The monoisotopic (exact) mass is 477 g/mol. The molecule has 0 aliphatic rings. The van der Waals surface area contributed by atoms with Crippen LogP contribution < -0.4 is 10.6 Å². The van der Waals surface area contributed by atoms with Crippen molar-refractivity contribution in [1.29, 1.82) is 0 Å². The molecule has 1 amide bonds. The molecule has 3 aromatic rings. The Morgan fingerprint density at radius 2 is 1.71 bits per heavy atom. The number of carbonyl (C=O) groups is 3. The van der Waals surface area contributed by atoms with Gasteiger partial charge in [0.2, 0.25) is 0 Å². The van der Waals surface area contributed by atoms with Gasteiger partial charge in [0, 0.05) is 42.5 Å². The molecular weight excluding hydrogens is 449 g/mol. The molecule has 2 aromatic carbocycles. The van der Waals surface area contributed by atoms with Gasteiger partial charge in [-0.2, -0.15) is 0 Å². The molecule has 0 saturated carbocycles. The zero-order chi connectivity index (χ0) is 25.4. The number of nitrogens with zero attached hydrogens (tertiary/aromatic N) is 1. The summed E-state index contributed by atoms with van der Waals surface area (Å²) in [6.45, 7) is 3.58. The minimum absolute atomic E-state index is 0.0301. The molecule has 0 aliphatic carbocycles. The first kappa shape index (κ1) is 25.6. The number of anilines is 3. The van der Waals surface area contributed by atoms with Crippen molar-refractivity contribution in [3.05, 3.63) is 82.9 Å². The molecule has 7 nitrogen and oxygen atoms in total. The standard InChI is InChI=1S/C27H28FN3O4/c1-3-4-22(32)14-21-15-25(30-20-10-11-24(28)17(2)13-20)23(16-29-21)27(35)31-19-8-5-18(6-9-19)7-12-26(33)34/h5-6,8-11,13,15-16H,3-4,7,12,14H2,1-2H3,(H,29,30)(H,31,35)(H,33,34). The van der Waals surface area contributed by atoms with Crippen molar-refractivity contribution < 1.29 is 23.9 Å².